The molecule has 1 heterocycles. The maximum Gasteiger partial charge on any atom is 0.257 e. The van der Waals surface area contributed by atoms with Crippen LogP contribution < -0.4 is 5.32 Å². The van der Waals surface area contributed by atoms with Crippen LogP contribution in [0.2, 0.25) is 0 Å². The Morgan fingerprint density at radius 1 is 1.04 bits per heavy atom. The average molecular weight is 377 g/mol. The number of amides is 2. The van der Waals surface area contributed by atoms with Crippen LogP contribution in [0.3, 0.4) is 0 Å². The normalized spacial score (nSPS) is 16.9. The Balaban J connectivity index is 1.75. The molecule has 2 aromatic carbocycles. The summed E-state index contributed by atoms with van der Waals surface area (Å²) in [5.41, 5.74) is 2.11. The number of hydrogen-bond acceptors (Lipinski definition) is 2. The van der Waals surface area contributed by atoms with Crippen LogP contribution in [0.5, 0.6) is 0 Å². The zero-order chi connectivity index (χ0) is 17.8. The molecule has 1 N–H and O–H groups in total. The van der Waals surface area contributed by atoms with Crippen LogP contribution in [-0.2, 0) is 4.79 Å². The summed E-state index contributed by atoms with van der Waals surface area (Å²) in [4.78, 5) is 25.3. The number of nitrogens with one attached hydrogen (secondary N) is 1. The highest BCUT2D eigenvalue weighted by Gasteiger charge is 2.29. The molecule has 4 nitrogen and oxygen atoms in total. The Morgan fingerprint density at radius 3 is 2.44 bits per heavy atom. The fourth-order valence-corrected chi connectivity index (χ4v) is 3.19. The van der Waals surface area contributed by atoms with E-state index in [0.29, 0.717) is 30.3 Å². The molecule has 1 aliphatic heterocycles. The number of para-hydroxylation sites is 1. The summed E-state index contributed by atoms with van der Waals surface area (Å²) in [5, 5.41) is 2.61. The number of benzene rings is 2. The van der Waals surface area contributed by atoms with Gasteiger partial charge in [0.1, 0.15) is 0 Å². The van der Waals surface area contributed by atoms with E-state index in [-0.39, 0.29) is 5.91 Å². The summed E-state index contributed by atoms with van der Waals surface area (Å²) < 4.78 is 0. The second-order valence-corrected chi connectivity index (χ2v) is 7.08. The first-order chi connectivity index (χ1) is 12.1. The minimum absolute atomic E-state index is 0.102. The van der Waals surface area contributed by atoms with Crippen molar-refractivity contribution in [3.8, 4) is 0 Å². The second-order valence-electron chi connectivity index (χ2n) is 5.98. The van der Waals surface area contributed by atoms with Crippen LogP contribution in [0.25, 0.3) is 0 Å². The van der Waals surface area contributed by atoms with Gasteiger partial charge in [0.15, 0.2) is 4.84 Å². The summed E-state index contributed by atoms with van der Waals surface area (Å²) in [5.74, 6) is -0.316. The van der Waals surface area contributed by atoms with Crippen LogP contribution in [0.1, 0.15) is 28.3 Å². The van der Waals surface area contributed by atoms with E-state index in [1.165, 1.54) is 5.56 Å². The van der Waals surface area contributed by atoms with Gasteiger partial charge in [-0.3, -0.25) is 9.59 Å². The van der Waals surface area contributed by atoms with Crippen LogP contribution in [0.4, 0.5) is 5.69 Å². The fourth-order valence-electron chi connectivity index (χ4n) is 3.08. The molecule has 3 rings (SSSR count). The van der Waals surface area contributed by atoms with E-state index in [1.807, 2.05) is 23.1 Å². The van der Waals surface area contributed by atoms with Crippen molar-refractivity contribution in [2.24, 2.45) is 0 Å². The van der Waals surface area contributed by atoms with Crippen molar-refractivity contribution in [1.82, 2.24) is 4.90 Å². The molecule has 2 aromatic rings. The molecule has 0 spiro atoms. The summed E-state index contributed by atoms with van der Waals surface area (Å²) >= 11 is 11.2. The van der Waals surface area contributed by atoms with Crippen LogP contribution in [0.15, 0.2) is 54.6 Å². The molecule has 2 amide bonds. The van der Waals surface area contributed by atoms with E-state index >= 15 is 0 Å². The third-order valence-corrected chi connectivity index (χ3v) is 4.76. The Bertz CT molecular complexity index is 765. The van der Waals surface area contributed by atoms with E-state index in [0.717, 1.165) is 6.42 Å². The van der Waals surface area contributed by atoms with Crippen molar-refractivity contribution in [2.75, 3.05) is 18.4 Å². The number of anilines is 1. The molecule has 0 saturated carbocycles. The third-order valence-electron chi connectivity index (χ3n) is 4.36. The second kappa shape index (κ2) is 7.89. The van der Waals surface area contributed by atoms with Crippen molar-refractivity contribution < 1.29 is 9.59 Å². The summed E-state index contributed by atoms with van der Waals surface area (Å²) in [7, 11) is 0. The Hall–Kier alpha value is -2.04. The molecule has 1 saturated heterocycles. The lowest BCUT2D eigenvalue weighted by molar-refractivity contribution is -0.114. The first-order valence-electron chi connectivity index (χ1n) is 8.08. The van der Waals surface area contributed by atoms with Gasteiger partial charge in [0.25, 0.3) is 11.8 Å². The van der Waals surface area contributed by atoms with Gasteiger partial charge in [-0.1, -0.05) is 65.7 Å². The zero-order valence-electron chi connectivity index (χ0n) is 13.5. The predicted molar refractivity (Wildman–Crippen MR) is 100 cm³/mol. The molecule has 6 heteroatoms. The van der Waals surface area contributed by atoms with Gasteiger partial charge in [0.05, 0.1) is 11.3 Å². The van der Waals surface area contributed by atoms with Crippen molar-refractivity contribution in [3.05, 3.63) is 65.7 Å². The van der Waals surface area contributed by atoms with Crippen molar-refractivity contribution >= 4 is 40.7 Å². The number of rotatable bonds is 4. The van der Waals surface area contributed by atoms with Gasteiger partial charge in [-0.15, -0.1) is 0 Å². The van der Waals surface area contributed by atoms with E-state index in [1.54, 1.807) is 24.3 Å². The highest BCUT2D eigenvalue weighted by molar-refractivity contribution is 6.54. The quantitative estimate of drug-likeness (QED) is 0.817. The number of hydrogen-bond donors (Lipinski definition) is 1. The Kier molecular flexibility index (Phi) is 5.61. The average Bonchev–Trinajstić information content (AvgIpc) is 3.12. The molecule has 0 bridgehead atoms. The maximum absolute atomic E-state index is 12.9. The number of carbonyl (C=O) groups excluding carboxylic acids is 2. The lowest BCUT2D eigenvalue weighted by Gasteiger charge is -2.19. The minimum atomic E-state index is -1.18. The minimum Gasteiger partial charge on any atom is -0.338 e. The predicted octanol–water partition coefficient (Wildman–Crippen LogP) is 4.06. The van der Waals surface area contributed by atoms with E-state index in [4.69, 9.17) is 23.2 Å². The summed E-state index contributed by atoms with van der Waals surface area (Å²) in [6.07, 6.45) is 0.926. The Labute approximate surface area is 156 Å². The monoisotopic (exact) mass is 376 g/mol. The molecule has 0 radical (unpaired) electrons. The van der Waals surface area contributed by atoms with E-state index in [2.05, 4.69) is 17.4 Å². The molecule has 0 aromatic heterocycles. The lowest BCUT2D eigenvalue weighted by Crippen LogP contribution is -2.30. The first-order valence-corrected chi connectivity index (χ1v) is 8.96. The molecule has 25 heavy (non-hydrogen) atoms. The van der Waals surface area contributed by atoms with Crippen LogP contribution in [0, 0.1) is 0 Å². The molecule has 130 valence electrons. The number of likely N-dealkylation sites (tertiary alicyclic amines) is 1. The van der Waals surface area contributed by atoms with Gasteiger partial charge in [-0.05, 0) is 24.1 Å². The van der Waals surface area contributed by atoms with Gasteiger partial charge < -0.3 is 10.2 Å². The number of halogens is 2. The molecule has 1 atom stereocenters. The van der Waals surface area contributed by atoms with E-state index in [9.17, 15) is 9.59 Å². The maximum atomic E-state index is 12.9. The molecule has 1 aliphatic rings. The molecule has 0 aliphatic carbocycles. The highest BCUT2D eigenvalue weighted by atomic mass is 35.5. The topological polar surface area (TPSA) is 49.4 Å². The third kappa shape index (κ3) is 4.14. The molecular formula is C19H18Cl2N2O2. The molecular weight excluding hydrogens is 359 g/mol. The van der Waals surface area contributed by atoms with Crippen LogP contribution in [-0.4, -0.2) is 34.6 Å². The lowest BCUT2D eigenvalue weighted by atomic mass is 9.99. The van der Waals surface area contributed by atoms with Gasteiger partial charge >= 0.3 is 0 Å². The van der Waals surface area contributed by atoms with Crippen molar-refractivity contribution in [2.45, 2.75) is 17.2 Å². The Morgan fingerprint density at radius 2 is 1.72 bits per heavy atom. The van der Waals surface area contributed by atoms with Crippen molar-refractivity contribution in [1.29, 1.82) is 0 Å². The molecule has 1 fully saturated rings. The first kappa shape index (κ1) is 17.8. The van der Waals surface area contributed by atoms with Crippen molar-refractivity contribution in [3.63, 3.8) is 0 Å². The highest BCUT2D eigenvalue weighted by Crippen LogP contribution is 2.29. The number of nitrogens with zero attached hydrogens (tertiary/aromatic N) is 1. The van der Waals surface area contributed by atoms with Gasteiger partial charge in [0, 0.05) is 19.0 Å². The van der Waals surface area contributed by atoms with Gasteiger partial charge in [-0.2, -0.15) is 0 Å². The smallest absolute Gasteiger partial charge is 0.257 e. The van der Waals surface area contributed by atoms with Gasteiger partial charge in [0.2, 0.25) is 0 Å². The van der Waals surface area contributed by atoms with Gasteiger partial charge in [-0.25, -0.2) is 0 Å². The summed E-state index contributed by atoms with van der Waals surface area (Å²) in [6.45, 7) is 1.35. The standard InChI is InChI=1S/C19H18Cl2N2O2/c20-17(21)18(24)22-16-9-5-4-8-15(16)19(25)23-11-10-14(12-23)13-6-2-1-3-7-13/h1-9,14,17H,10-12H2,(H,22,24). The largest absolute Gasteiger partial charge is 0.338 e. The number of alkyl halides is 2. The summed E-state index contributed by atoms with van der Waals surface area (Å²) in [6, 6.07) is 17.1. The SMILES string of the molecule is O=C(Nc1ccccc1C(=O)N1CCC(c2ccccc2)C1)C(Cl)Cl. The van der Waals surface area contributed by atoms with E-state index < -0.39 is 10.7 Å². The zero-order valence-corrected chi connectivity index (χ0v) is 15.0. The number of carbonyl (C=O) groups is 2. The van der Waals surface area contributed by atoms with Crippen LogP contribution >= 0.6 is 23.2 Å². The molecule has 1 unspecified atom stereocenters. The fraction of sp³-hybridized carbons (Fsp3) is 0.263.